The summed E-state index contributed by atoms with van der Waals surface area (Å²) >= 11 is 0. The number of hydrogen-bond acceptors (Lipinski definition) is 10. The Morgan fingerprint density at radius 3 is 2.34 bits per heavy atom. The molecular weight excluding hydrogens is 424 g/mol. The fraction of sp³-hybridized carbons (Fsp3) is 0.318. The molecule has 1 aliphatic rings. The predicted molar refractivity (Wildman–Crippen MR) is 111 cm³/mol. The van der Waals surface area contributed by atoms with Gasteiger partial charge in [0.15, 0.2) is 5.58 Å². The van der Waals surface area contributed by atoms with Gasteiger partial charge in [-0.15, -0.1) is 0 Å². The molecule has 0 aliphatic carbocycles. The zero-order valence-corrected chi connectivity index (χ0v) is 16.8. The highest BCUT2D eigenvalue weighted by molar-refractivity contribution is 6.13. The first kappa shape index (κ1) is 20.7. The lowest BCUT2D eigenvalue weighted by Gasteiger charge is -2.39. The summed E-state index contributed by atoms with van der Waals surface area (Å²) < 4.78 is 27.5. The molecule has 0 spiro atoms. The van der Waals surface area contributed by atoms with Crippen LogP contribution in [0, 0.1) is 0 Å². The van der Waals surface area contributed by atoms with Crippen molar-refractivity contribution >= 4 is 32.9 Å². The summed E-state index contributed by atoms with van der Waals surface area (Å²) in [6, 6.07) is 9.72. The molecule has 3 heterocycles. The van der Waals surface area contributed by atoms with Crippen molar-refractivity contribution in [1.29, 1.82) is 0 Å². The van der Waals surface area contributed by atoms with Crippen molar-refractivity contribution in [2.45, 2.75) is 30.7 Å². The standard InChI is InChI=1S/C22H20O10/c1-28-9-2-4-11-13(6-9)30-20-12-5-3-10(7-14(12)31-21(27)16(11)20)29-22-19(26)18(25)17(24)15(8-23)32-22/h2-7,15,17-19,22-26H,8H2,1H3. The van der Waals surface area contributed by atoms with Crippen molar-refractivity contribution in [3.63, 3.8) is 0 Å². The van der Waals surface area contributed by atoms with Crippen molar-refractivity contribution in [2.24, 2.45) is 0 Å². The Bertz CT molecular complexity index is 1350. The van der Waals surface area contributed by atoms with E-state index >= 15 is 0 Å². The third-order valence-electron chi connectivity index (χ3n) is 5.60. The highest BCUT2D eigenvalue weighted by Crippen LogP contribution is 2.35. The molecule has 1 saturated heterocycles. The first-order chi connectivity index (χ1) is 15.4. The second kappa shape index (κ2) is 7.76. The molecule has 2 aromatic carbocycles. The molecule has 0 saturated carbocycles. The number of fused-ring (bicyclic) bond motifs is 5. The van der Waals surface area contributed by atoms with E-state index in [1.165, 1.54) is 13.2 Å². The molecule has 0 radical (unpaired) electrons. The third kappa shape index (κ3) is 3.20. The number of hydrogen-bond donors (Lipinski definition) is 4. The molecule has 32 heavy (non-hydrogen) atoms. The first-order valence-electron chi connectivity index (χ1n) is 9.85. The van der Waals surface area contributed by atoms with E-state index in [2.05, 4.69) is 0 Å². The van der Waals surface area contributed by atoms with Gasteiger partial charge in [-0.3, -0.25) is 0 Å². The van der Waals surface area contributed by atoms with Gasteiger partial charge in [0.25, 0.3) is 0 Å². The van der Waals surface area contributed by atoms with Crippen LogP contribution in [0.25, 0.3) is 32.9 Å². The van der Waals surface area contributed by atoms with Gasteiger partial charge in [-0.05, 0) is 24.3 Å². The van der Waals surface area contributed by atoms with E-state index in [0.717, 1.165) is 0 Å². The fourth-order valence-corrected chi connectivity index (χ4v) is 3.89. The number of rotatable bonds is 4. The summed E-state index contributed by atoms with van der Waals surface area (Å²) in [6.45, 7) is -0.577. The summed E-state index contributed by atoms with van der Waals surface area (Å²) in [4.78, 5) is 12.7. The average Bonchev–Trinajstić information content (AvgIpc) is 3.18. The Balaban J connectivity index is 1.55. The Morgan fingerprint density at radius 2 is 1.59 bits per heavy atom. The molecule has 2 aromatic heterocycles. The lowest BCUT2D eigenvalue weighted by Crippen LogP contribution is -2.60. The van der Waals surface area contributed by atoms with Crippen molar-refractivity contribution in [3.05, 3.63) is 46.8 Å². The molecule has 5 unspecified atom stereocenters. The first-order valence-corrected chi connectivity index (χ1v) is 9.85. The highest BCUT2D eigenvalue weighted by Gasteiger charge is 2.44. The maximum absolute atomic E-state index is 12.7. The Hall–Kier alpha value is -3.15. The topological polar surface area (TPSA) is 152 Å². The van der Waals surface area contributed by atoms with Crippen LogP contribution >= 0.6 is 0 Å². The summed E-state index contributed by atoms with van der Waals surface area (Å²) in [5.41, 5.74) is 0.400. The van der Waals surface area contributed by atoms with Crippen LogP contribution in [0.15, 0.2) is 50.0 Å². The highest BCUT2D eigenvalue weighted by atomic mass is 16.7. The molecule has 5 rings (SSSR count). The second-order valence-electron chi connectivity index (χ2n) is 7.53. The summed E-state index contributed by atoms with van der Waals surface area (Å²) in [7, 11) is 1.53. The van der Waals surface area contributed by atoms with Crippen molar-refractivity contribution < 1.29 is 43.5 Å². The van der Waals surface area contributed by atoms with E-state index in [-0.39, 0.29) is 11.3 Å². The summed E-state index contributed by atoms with van der Waals surface area (Å²) in [6.07, 6.45) is -7.11. The number of methoxy groups -OCH3 is 1. The van der Waals surface area contributed by atoms with Crippen LogP contribution in [0.4, 0.5) is 0 Å². The van der Waals surface area contributed by atoms with Crippen LogP contribution < -0.4 is 15.1 Å². The number of ether oxygens (including phenoxy) is 3. The number of furan rings is 1. The van der Waals surface area contributed by atoms with E-state index in [1.807, 2.05) is 0 Å². The normalized spacial score (nSPS) is 26.1. The summed E-state index contributed by atoms with van der Waals surface area (Å²) in [5.74, 6) is 0.752. The maximum Gasteiger partial charge on any atom is 0.348 e. The Kier molecular flexibility index (Phi) is 5.03. The van der Waals surface area contributed by atoms with Gasteiger partial charge in [0, 0.05) is 17.5 Å². The molecule has 5 atom stereocenters. The second-order valence-corrected chi connectivity index (χ2v) is 7.53. The largest absolute Gasteiger partial charge is 0.497 e. The molecule has 1 fully saturated rings. The van der Waals surface area contributed by atoms with Gasteiger partial charge in [-0.25, -0.2) is 4.79 Å². The van der Waals surface area contributed by atoms with Gasteiger partial charge >= 0.3 is 5.63 Å². The Morgan fingerprint density at radius 1 is 0.906 bits per heavy atom. The van der Waals surface area contributed by atoms with Crippen molar-refractivity contribution in [3.8, 4) is 11.5 Å². The molecule has 4 aromatic rings. The smallest absolute Gasteiger partial charge is 0.348 e. The minimum absolute atomic E-state index is 0.169. The minimum Gasteiger partial charge on any atom is -0.497 e. The van der Waals surface area contributed by atoms with Crippen molar-refractivity contribution in [2.75, 3.05) is 13.7 Å². The number of benzene rings is 2. The molecule has 168 valence electrons. The average molecular weight is 444 g/mol. The maximum atomic E-state index is 12.7. The molecule has 4 N–H and O–H groups in total. The Labute approximate surface area is 179 Å². The summed E-state index contributed by atoms with van der Waals surface area (Å²) in [5, 5.41) is 40.7. The van der Waals surface area contributed by atoms with Gasteiger partial charge in [-0.2, -0.15) is 0 Å². The van der Waals surface area contributed by atoms with E-state index in [4.69, 9.17) is 23.0 Å². The molecule has 1 aliphatic heterocycles. The predicted octanol–water partition coefficient (Wildman–Crippen LogP) is 0.880. The van der Waals surface area contributed by atoms with Gasteiger partial charge in [0.1, 0.15) is 52.5 Å². The molecule has 10 nitrogen and oxygen atoms in total. The minimum atomic E-state index is -1.57. The van der Waals surface area contributed by atoms with Crippen LogP contribution in [0.1, 0.15) is 0 Å². The quantitative estimate of drug-likeness (QED) is 0.334. The van der Waals surface area contributed by atoms with Crippen LogP contribution in [-0.4, -0.2) is 64.8 Å². The lowest BCUT2D eigenvalue weighted by atomic mass is 9.99. The third-order valence-corrected chi connectivity index (χ3v) is 5.60. The van der Waals surface area contributed by atoms with E-state index < -0.39 is 42.9 Å². The SMILES string of the molecule is COc1ccc2c(c1)oc1c3ccc(OC4OC(CO)C(O)C(O)C4O)cc3oc(=O)c21. The van der Waals surface area contributed by atoms with Crippen LogP contribution in [0.3, 0.4) is 0 Å². The lowest BCUT2D eigenvalue weighted by molar-refractivity contribution is -0.277. The zero-order chi connectivity index (χ0) is 22.6. The van der Waals surface area contributed by atoms with E-state index in [1.54, 1.807) is 30.3 Å². The van der Waals surface area contributed by atoms with Gasteiger partial charge < -0.3 is 43.5 Å². The zero-order valence-electron chi connectivity index (χ0n) is 16.8. The molecule has 0 bridgehead atoms. The van der Waals surface area contributed by atoms with Crippen LogP contribution in [0.5, 0.6) is 11.5 Å². The number of aliphatic hydroxyl groups is 4. The van der Waals surface area contributed by atoms with Crippen molar-refractivity contribution in [1.82, 2.24) is 0 Å². The van der Waals surface area contributed by atoms with Gasteiger partial charge in [0.05, 0.1) is 19.1 Å². The molecule has 10 heteroatoms. The van der Waals surface area contributed by atoms with E-state index in [0.29, 0.717) is 33.1 Å². The van der Waals surface area contributed by atoms with Gasteiger partial charge in [-0.1, -0.05) is 0 Å². The van der Waals surface area contributed by atoms with Crippen LogP contribution in [0.2, 0.25) is 0 Å². The fourth-order valence-electron chi connectivity index (χ4n) is 3.89. The van der Waals surface area contributed by atoms with Gasteiger partial charge in [0.2, 0.25) is 6.29 Å². The number of aliphatic hydroxyl groups excluding tert-OH is 4. The molecule has 0 amide bonds. The van der Waals surface area contributed by atoms with Crippen LogP contribution in [-0.2, 0) is 4.74 Å². The monoisotopic (exact) mass is 444 g/mol. The molecular formula is C22H20O10. The van der Waals surface area contributed by atoms with E-state index in [9.17, 15) is 25.2 Å².